The standard InChI is InChI=1S/C14H21N3O2.ClH/c1-9-4-11(6-15)7-17(9)14(19)13-5-12(10(2)18)8-16(13)3;/h5,8-9,11H,4,6-7,15H2,1-3H3;1H. The Bertz CT molecular complexity index is 513. The van der Waals surface area contributed by atoms with Crippen LogP contribution in [-0.2, 0) is 7.05 Å². The highest BCUT2D eigenvalue weighted by Crippen LogP contribution is 2.24. The van der Waals surface area contributed by atoms with Crippen LogP contribution in [-0.4, -0.2) is 40.3 Å². The van der Waals surface area contributed by atoms with E-state index in [4.69, 9.17) is 5.73 Å². The third-order valence-electron chi connectivity index (χ3n) is 3.89. The van der Waals surface area contributed by atoms with Gasteiger partial charge in [-0.2, -0.15) is 0 Å². The van der Waals surface area contributed by atoms with Crippen LogP contribution in [0.1, 0.15) is 41.1 Å². The molecule has 0 saturated carbocycles. The molecule has 0 bridgehead atoms. The van der Waals surface area contributed by atoms with Gasteiger partial charge in [0.2, 0.25) is 0 Å². The molecule has 0 aromatic carbocycles. The summed E-state index contributed by atoms with van der Waals surface area (Å²) in [7, 11) is 1.79. The smallest absolute Gasteiger partial charge is 0.270 e. The molecule has 1 aromatic rings. The number of likely N-dealkylation sites (tertiary alicyclic amines) is 1. The van der Waals surface area contributed by atoms with Crippen molar-refractivity contribution in [3.63, 3.8) is 0 Å². The lowest BCUT2D eigenvalue weighted by atomic mass is 10.1. The van der Waals surface area contributed by atoms with E-state index < -0.39 is 0 Å². The number of hydrogen-bond donors (Lipinski definition) is 1. The van der Waals surface area contributed by atoms with Crippen LogP contribution < -0.4 is 5.73 Å². The molecule has 5 nitrogen and oxygen atoms in total. The van der Waals surface area contributed by atoms with Gasteiger partial charge in [0.05, 0.1) is 0 Å². The summed E-state index contributed by atoms with van der Waals surface area (Å²) in [4.78, 5) is 25.7. The average Bonchev–Trinajstić information content (AvgIpc) is 2.92. The molecule has 6 heteroatoms. The van der Waals surface area contributed by atoms with Gasteiger partial charge in [-0.25, -0.2) is 0 Å². The van der Waals surface area contributed by atoms with Crippen molar-refractivity contribution in [1.29, 1.82) is 0 Å². The number of carbonyl (C=O) groups excluding carboxylic acids is 2. The minimum atomic E-state index is -0.0241. The van der Waals surface area contributed by atoms with Crippen molar-refractivity contribution in [3.05, 3.63) is 23.5 Å². The fraction of sp³-hybridized carbons (Fsp3) is 0.571. The lowest BCUT2D eigenvalue weighted by Crippen LogP contribution is -2.35. The molecular weight excluding hydrogens is 278 g/mol. The Kier molecular flexibility index (Phi) is 5.36. The van der Waals surface area contributed by atoms with Crippen LogP contribution in [0.3, 0.4) is 0 Å². The Morgan fingerprint density at radius 2 is 2.10 bits per heavy atom. The zero-order valence-electron chi connectivity index (χ0n) is 12.1. The first kappa shape index (κ1) is 16.7. The normalized spacial score (nSPS) is 21.7. The Morgan fingerprint density at radius 1 is 1.45 bits per heavy atom. The first-order valence-electron chi connectivity index (χ1n) is 6.62. The van der Waals surface area contributed by atoms with Gasteiger partial charge in [-0.3, -0.25) is 9.59 Å². The summed E-state index contributed by atoms with van der Waals surface area (Å²) < 4.78 is 1.72. The monoisotopic (exact) mass is 299 g/mol. The molecule has 2 heterocycles. The fourth-order valence-corrected chi connectivity index (χ4v) is 2.71. The first-order valence-corrected chi connectivity index (χ1v) is 6.62. The highest BCUT2D eigenvalue weighted by Gasteiger charge is 2.33. The predicted octanol–water partition coefficient (Wildman–Crippen LogP) is 1.46. The lowest BCUT2D eigenvalue weighted by Gasteiger charge is -2.21. The molecule has 0 radical (unpaired) electrons. The highest BCUT2D eigenvalue weighted by molar-refractivity contribution is 5.99. The van der Waals surface area contributed by atoms with Crippen LogP contribution in [0.5, 0.6) is 0 Å². The van der Waals surface area contributed by atoms with Gasteiger partial charge in [0.1, 0.15) is 5.69 Å². The molecule has 0 aliphatic carbocycles. The fourth-order valence-electron chi connectivity index (χ4n) is 2.71. The molecule has 20 heavy (non-hydrogen) atoms. The second-order valence-corrected chi connectivity index (χ2v) is 5.43. The molecule has 1 aliphatic rings. The number of rotatable bonds is 3. The van der Waals surface area contributed by atoms with Gasteiger partial charge < -0.3 is 15.2 Å². The maximum Gasteiger partial charge on any atom is 0.270 e. The topological polar surface area (TPSA) is 68.3 Å². The van der Waals surface area contributed by atoms with Crippen molar-refractivity contribution >= 4 is 24.1 Å². The molecule has 1 aliphatic heterocycles. The van der Waals surface area contributed by atoms with Gasteiger partial charge in [-0.15, -0.1) is 12.4 Å². The number of amides is 1. The van der Waals surface area contributed by atoms with Gasteiger partial charge in [0.25, 0.3) is 5.91 Å². The van der Waals surface area contributed by atoms with Crippen LogP contribution in [0.4, 0.5) is 0 Å². The van der Waals surface area contributed by atoms with Gasteiger partial charge >= 0.3 is 0 Å². The van der Waals surface area contributed by atoms with E-state index in [1.54, 1.807) is 23.9 Å². The number of aryl methyl sites for hydroxylation is 1. The van der Waals surface area contributed by atoms with Crippen molar-refractivity contribution in [2.24, 2.45) is 18.7 Å². The quantitative estimate of drug-likeness (QED) is 0.859. The Morgan fingerprint density at radius 3 is 2.55 bits per heavy atom. The molecule has 1 aromatic heterocycles. The minimum Gasteiger partial charge on any atom is -0.346 e. The molecular formula is C14H22ClN3O2. The van der Waals surface area contributed by atoms with Crippen LogP contribution in [0.2, 0.25) is 0 Å². The van der Waals surface area contributed by atoms with Crippen molar-refractivity contribution in [1.82, 2.24) is 9.47 Å². The van der Waals surface area contributed by atoms with Crippen molar-refractivity contribution in [2.75, 3.05) is 13.1 Å². The molecule has 1 amide bonds. The molecule has 2 unspecified atom stereocenters. The number of aromatic nitrogens is 1. The van der Waals surface area contributed by atoms with E-state index in [1.165, 1.54) is 6.92 Å². The van der Waals surface area contributed by atoms with Crippen molar-refractivity contribution in [3.8, 4) is 0 Å². The number of nitrogens with two attached hydrogens (primary N) is 1. The zero-order chi connectivity index (χ0) is 14.2. The number of nitrogens with zero attached hydrogens (tertiary/aromatic N) is 2. The number of hydrogen-bond acceptors (Lipinski definition) is 3. The number of carbonyl (C=O) groups is 2. The van der Waals surface area contributed by atoms with Gasteiger partial charge in [-0.05, 0) is 38.8 Å². The second-order valence-electron chi connectivity index (χ2n) is 5.43. The van der Waals surface area contributed by atoms with Crippen LogP contribution in [0.25, 0.3) is 0 Å². The minimum absolute atomic E-state index is 0. The van der Waals surface area contributed by atoms with E-state index in [2.05, 4.69) is 0 Å². The molecule has 1 saturated heterocycles. The Hall–Kier alpha value is -1.33. The largest absolute Gasteiger partial charge is 0.346 e. The molecule has 1 fully saturated rings. The maximum absolute atomic E-state index is 12.5. The predicted molar refractivity (Wildman–Crippen MR) is 80.3 cm³/mol. The van der Waals surface area contributed by atoms with Crippen LogP contribution in [0, 0.1) is 5.92 Å². The summed E-state index contributed by atoms with van der Waals surface area (Å²) in [6, 6.07) is 1.88. The average molecular weight is 300 g/mol. The van der Waals surface area contributed by atoms with E-state index in [1.807, 2.05) is 11.8 Å². The molecule has 112 valence electrons. The Labute approximate surface area is 125 Å². The van der Waals surface area contributed by atoms with E-state index in [-0.39, 0.29) is 30.1 Å². The van der Waals surface area contributed by atoms with Gasteiger partial charge in [0.15, 0.2) is 5.78 Å². The third kappa shape index (κ3) is 3.04. The highest BCUT2D eigenvalue weighted by atomic mass is 35.5. The van der Waals surface area contributed by atoms with E-state index >= 15 is 0 Å². The Balaban J connectivity index is 0.00000200. The summed E-state index contributed by atoms with van der Waals surface area (Å²) in [5, 5.41) is 0. The number of Topliss-reactive ketones (excluding diaryl/α,β-unsaturated/α-hetero) is 1. The lowest BCUT2D eigenvalue weighted by molar-refractivity contribution is 0.0733. The van der Waals surface area contributed by atoms with Gasteiger partial charge in [-0.1, -0.05) is 0 Å². The summed E-state index contributed by atoms with van der Waals surface area (Å²) in [6.45, 7) is 4.87. The molecule has 2 N–H and O–H groups in total. The zero-order valence-corrected chi connectivity index (χ0v) is 12.9. The van der Waals surface area contributed by atoms with E-state index in [0.29, 0.717) is 30.3 Å². The summed E-state index contributed by atoms with van der Waals surface area (Å²) in [6.07, 6.45) is 2.66. The first-order chi connectivity index (χ1) is 8.93. The van der Waals surface area contributed by atoms with E-state index in [9.17, 15) is 9.59 Å². The third-order valence-corrected chi connectivity index (χ3v) is 3.89. The SMILES string of the molecule is CC(=O)c1cc(C(=O)N2CC(CN)CC2C)n(C)c1.Cl. The summed E-state index contributed by atoms with van der Waals surface area (Å²) >= 11 is 0. The van der Waals surface area contributed by atoms with Crippen molar-refractivity contribution < 1.29 is 9.59 Å². The van der Waals surface area contributed by atoms with E-state index in [0.717, 1.165) is 6.42 Å². The second kappa shape index (κ2) is 6.41. The number of ketones is 1. The molecule has 2 atom stereocenters. The number of halogens is 1. The summed E-state index contributed by atoms with van der Waals surface area (Å²) in [5.74, 6) is 0.342. The molecule has 2 rings (SSSR count). The molecule has 0 spiro atoms. The van der Waals surface area contributed by atoms with Gasteiger partial charge in [0, 0.05) is 31.4 Å². The van der Waals surface area contributed by atoms with Crippen LogP contribution >= 0.6 is 12.4 Å². The van der Waals surface area contributed by atoms with Crippen LogP contribution in [0.15, 0.2) is 12.3 Å². The summed E-state index contributed by atoms with van der Waals surface area (Å²) in [5.41, 5.74) is 6.82. The van der Waals surface area contributed by atoms with Crippen molar-refractivity contribution in [2.45, 2.75) is 26.3 Å². The maximum atomic E-state index is 12.5.